The van der Waals surface area contributed by atoms with Crippen molar-refractivity contribution in [1.29, 1.82) is 0 Å². The summed E-state index contributed by atoms with van der Waals surface area (Å²) in [6.07, 6.45) is 6.58. The molecule has 0 aromatic carbocycles. The number of carbonyl (C=O) groups excluding carboxylic acids is 1. The Hall–Kier alpha value is -1.26. The summed E-state index contributed by atoms with van der Waals surface area (Å²) in [5.41, 5.74) is 0. The molecule has 0 radical (unpaired) electrons. The van der Waals surface area contributed by atoms with E-state index in [0.29, 0.717) is 12.3 Å². The van der Waals surface area contributed by atoms with Gasteiger partial charge in [-0.15, -0.1) is 0 Å². The third-order valence-electron chi connectivity index (χ3n) is 3.91. The first-order valence-electron chi connectivity index (χ1n) is 7.64. The lowest BCUT2D eigenvalue weighted by molar-refractivity contribution is -0.139. The van der Waals surface area contributed by atoms with Crippen LogP contribution in [0.25, 0.3) is 0 Å². The number of aliphatic carboxylic acids is 1. The van der Waals surface area contributed by atoms with Gasteiger partial charge in [0.15, 0.2) is 0 Å². The fraction of sp³-hybridized carbons (Fsp3) is 0.867. The van der Waals surface area contributed by atoms with Gasteiger partial charge in [0.25, 0.3) is 0 Å². The van der Waals surface area contributed by atoms with Crippen LogP contribution in [0.5, 0.6) is 0 Å². The highest BCUT2D eigenvalue weighted by molar-refractivity contribution is 5.82. The Morgan fingerprint density at radius 1 is 1.25 bits per heavy atom. The molecule has 0 aromatic heterocycles. The largest absolute Gasteiger partial charge is 0.480 e. The maximum absolute atomic E-state index is 12.1. The van der Waals surface area contributed by atoms with E-state index >= 15 is 0 Å². The van der Waals surface area contributed by atoms with Crippen LogP contribution < -0.4 is 5.32 Å². The van der Waals surface area contributed by atoms with Crippen LogP contribution in [0, 0.1) is 11.8 Å². The quantitative estimate of drug-likeness (QED) is 0.788. The Bertz CT molecular complexity index is 325. The topological polar surface area (TPSA) is 69.6 Å². The molecule has 0 heterocycles. The van der Waals surface area contributed by atoms with Crippen LogP contribution in [-0.4, -0.2) is 41.6 Å². The second-order valence-corrected chi connectivity index (χ2v) is 6.35. The molecule has 1 unspecified atom stereocenters. The van der Waals surface area contributed by atoms with E-state index in [9.17, 15) is 9.59 Å². The standard InChI is InChI=1S/C15H28N2O3/c1-11(2)9-13(14(18)19)16-15(20)17(3)10-12-7-5-4-6-8-12/h11-13H,4-10H2,1-3H3,(H,16,20)(H,18,19). The number of nitrogens with one attached hydrogen (secondary N) is 1. The molecule has 1 atom stereocenters. The van der Waals surface area contributed by atoms with Crippen molar-refractivity contribution in [2.75, 3.05) is 13.6 Å². The predicted molar refractivity (Wildman–Crippen MR) is 78.6 cm³/mol. The fourth-order valence-corrected chi connectivity index (χ4v) is 2.79. The summed E-state index contributed by atoms with van der Waals surface area (Å²) >= 11 is 0. The lowest BCUT2D eigenvalue weighted by atomic mass is 9.89. The lowest BCUT2D eigenvalue weighted by Gasteiger charge is -2.28. The average molecular weight is 284 g/mol. The van der Waals surface area contributed by atoms with Gasteiger partial charge in [-0.25, -0.2) is 9.59 Å². The molecule has 1 aliphatic carbocycles. The summed E-state index contributed by atoms with van der Waals surface area (Å²) in [5.74, 6) is -0.161. The van der Waals surface area contributed by atoms with Crippen molar-refractivity contribution in [3.05, 3.63) is 0 Å². The molecule has 1 saturated carbocycles. The Morgan fingerprint density at radius 3 is 2.35 bits per heavy atom. The van der Waals surface area contributed by atoms with Crippen LogP contribution in [0.1, 0.15) is 52.4 Å². The highest BCUT2D eigenvalue weighted by atomic mass is 16.4. The number of rotatable bonds is 6. The zero-order valence-electron chi connectivity index (χ0n) is 12.9. The Morgan fingerprint density at radius 2 is 1.85 bits per heavy atom. The zero-order valence-corrected chi connectivity index (χ0v) is 12.9. The van der Waals surface area contributed by atoms with Gasteiger partial charge in [-0.05, 0) is 31.1 Å². The number of carboxylic acid groups (broad SMARTS) is 1. The molecule has 2 N–H and O–H groups in total. The van der Waals surface area contributed by atoms with E-state index in [1.807, 2.05) is 13.8 Å². The monoisotopic (exact) mass is 284 g/mol. The zero-order chi connectivity index (χ0) is 15.1. The minimum Gasteiger partial charge on any atom is -0.480 e. The smallest absolute Gasteiger partial charge is 0.326 e. The summed E-state index contributed by atoms with van der Waals surface area (Å²) < 4.78 is 0. The van der Waals surface area contributed by atoms with Gasteiger partial charge >= 0.3 is 12.0 Å². The maximum atomic E-state index is 12.1. The van der Waals surface area contributed by atoms with Gasteiger partial charge in [-0.2, -0.15) is 0 Å². The molecule has 20 heavy (non-hydrogen) atoms. The van der Waals surface area contributed by atoms with Crippen LogP contribution in [0.3, 0.4) is 0 Å². The van der Waals surface area contributed by atoms with E-state index in [1.54, 1.807) is 11.9 Å². The molecule has 0 bridgehead atoms. The third-order valence-corrected chi connectivity index (χ3v) is 3.91. The minimum absolute atomic E-state index is 0.236. The predicted octanol–water partition coefficient (Wildman–Crippen LogP) is 2.71. The molecule has 0 saturated heterocycles. The van der Waals surface area contributed by atoms with Gasteiger partial charge in [0.1, 0.15) is 6.04 Å². The Kier molecular flexibility index (Phi) is 6.82. The number of carbonyl (C=O) groups is 2. The van der Waals surface area contributed by atoms with Crippen molar-refractivity contribution in [3.63, 3.8) is 0 Å². The van der Waals surface area contributed by atoms with E-state index in [2.05, 4.69) is 5.32 Å². The molecule has 0 aromatic rings. The van der Waals surface area contributed by atoms with E-state index in [-0.39, 0.29) is 11.9 Å². The first-order chi connectivity index (χ1) is 9.40. The molecule has 2 amide bonds. The molecule has 1 rings (SSSR count). The van der Waals surface area contributed by atoms with Crippen molar-refractivity contribution in [2.45, 2.75) is 58.4 Å². The van der Waals surface area contributed by atoms with Crippen LogP contribution in [-0.2, 0) is 4.79 Å². The van der Waals surface area contributed by atoms with Crippen molar-refractivity contribution in [3.8, 4) is 0 Å². The van der Waals surface area contributed by atoms with Gasteiger partial charge in [-0.3, -0.25) is 0 Å². The molecule has 0 spiro atoms. The summed E-state index contributed by atoms with van der Waals surface area (Å²) in [6, 6.07) is -1.07. The summed E-state index contributed by atoms with van der Waals surface area (Å²) in [6.45, 7) is 4.63. The number of hydrogen-bond donors (Lipinski definition) is 2. The first-order valence-corrected chi connectivity index (χ1v) is 7.64. The normalized spacial score (nSPS) is 17.8. The number of nitrogens with zero attached hydrogens (tertiary/aromatic N) is 1. The van der Waals surface area contributed by atoms with Crippen molar-refractivity contribution in [1.82, 2.24) is 10.2 Å². The van der Waals surface area contributed by atoms with Crippen molar-refractivity contribution < 1.29 is 14.7 Å². The molecule has 5 nitrogen and oxygen atoms in total. The summed E-state index contributed by atoms with van der Waals surface area (Å²) in [7, 11) is 1.75. The van der Waals surface area contributed by atoms with Gasteiger partial charge in [0.05, 0.1) is 0 Å². The van der Waals surface area contributed by atoms with Gasteiger partial charge < -0.3 is 15.3 Å². The molecular weight excluding hydrogens is 256 g/mol. The highest BCUT2D eigenvalue weighted by Crippen LogP contribution is 2.24. The number of urea groups is 1. The summed E-state index contributed by atoms with van der Waals surface area (Å²) in [4.78, 5) is 24.8. The summed E-state index contributed by atoms with van der Waals surface area (Å²) in [5, 5.41) is 11.8. The van der Waals surface area contributed by atoms with Gasteiger partial charge in [0.2, 0.25) is 0 Å². The Balaban J connectivity index is 2.43. The van der Waals surface area contributed by atoms with Crippen LogP contribution >= 0.6 is 0 Å². The second-order valence-electron chi connectivity index (χ2n) is 6.35. The van der Waals surface area contributed by atoms with Gasteiger partial charge in [-0.1, -0.05) is 33.1 Å². The SMILES string of the molecule is CC(C)CC(NC(=O)N(C)CC1CCCCC1)C(=O)O. The van der Waals surface area contributed by atoms with Gasteiger partial charge in [0, 0.05) is 13.6 Å². The minimum atomic E-state index is -0.960. The van der Waals surface area contributed by atoms with E-state index in [4.69, 9.17) is 5.11 Å². The van der Waals surface area contributed by atoms with Crippen molar-refractivity contribution >= 4 is 12.0 Å². The van der Waals surface area contributed by atoms with E-state index in [0.717, 1.165) is 6.54 Å². The van der Waals surface area contributed by atoms with Crippen LogP contribution in [0.15, 0.2) is 0 Å². The molecule has 1 aliphatic rings. The van der Waals surface area contributed by atoms with E-state index in [1.165, 1.54) is 32.1 Å². The highest BCUT2D eigenvalue weighted by Gasteiger charge is 2.24. The first kappa shape index (κ1) is 16.8. The number of carboxylic acids is 1. The molecular formula is C15H28N2O3. The Labute approximate surface area is 121 Å². The molecule has 1 fully saturated rings. The number of amides is 2. The molecule has 116 valence electrons. The fourth-order valence-electron chi connectivity index (χ4n) is 2.79. The van der Waals surface area contributed by atoms with Crippen molar-refractivity contribution in [2.24, 2.45) is 11.8 Å². The van der Waals surface area contributed by atoms with Crippen LogP contribution in [0.2, 0.25) is 0 Å². The average Bonchev–Trinajstić information content (AvgIpc) is 2.38. The molecule has 5 heteroatoms. The maximum Gasteiger partial charge on any atom is 0.326 e. The number of hydrogen-bond acceptors (Lipinski definition) is 2. The lowest BCUT2D eigenvalue weighted by Crippen LogP contribution is -2.48. The van der Waals surface area contributed by atoms with Crippen LogP contribution in [0.4, 0.5) is 4.79 Å². The second kappa shape index (κ2) is 8.12. The van der Waals surface area contributed by atoms with E-state index < -0.39 is 12.0 Å². The molecule has 0 aliphatic heterocycles. The third kappa shape index (κ3) is 5.80.